The largest absolute Gasteiger partial charge is 0.465 e. The molecule has 2 heterocycles. The van der Waals surface area contributed by atoms with Crippen LogP contribution in [0.2, 0.25) is 0 Å². The Labute approximate surface area is 152 Å². The fourth-order valence-corrected chi connectivity index (χ4v) is 3.19. The van der Waals surface area contributed by atoms with Crippen molar-refractivity contribution in [2.24, 2.45) is 0 Å². The zero-order valence-electron chi connectivity index (χ0n) is 13.2. The number of anilines is 1. The van der Waals surface area contributed by atoms with Crippen molar-refractivity contribution in [1.82, 2.24) is 4.98 Å². The summed E-state index contributed by atoms with van der Waals surface area (Å²) in [4.78, 5) is 18.2. The first-order valence-electron chi connectivity index (χ1n) is 7.29. The van der Waals surface area contributed by atoms with Gasteiger partial charge >= 0.3 is 0 Å². The highest BCUT2D eigenvalue weighted by molar-refractivity contribution is 9.10. The van der Waals surface area contributed by atoms with Gasteiger partial charge < -0.3 is 4.42 Å². The van der Waals surface area contributed by atoms with Gasteiger partial charge in [0.2, 0.25) is 0 Å². The molecule has 3 aromatic rings. The number of nitrogens with zero attached hydrogens (tertiary/aromatic N) is 1. The van der Waals surface area contributed by atoms with Gasteiger partial charge in [-0.2, -0.15) is 0 Å². The van der Waals surface area contributed by atoms with Gasteiger partial charge in [0.05, 0.1) is 17.5 Å². The standard InChI is InChI=1S/C18H15BrN2O2S/c1-11-12(2)24-18(20-11)21-17(22)16(10-15-4-3-9-23-15)13-5-7-14(19)8-6-13/h3-10H,1-2H3,(H,20,21,22)/b16-10+. The molecule has 24 heavy (non-hydrogen) atoms. The third kappa shape index (κ3) is 3.83. The molecule has 0 fully saturated rings. The summed E-state index contributed by atoms with van der Waals surface area (Å²) in [6, 6.07) is 11.2. The molecule has 1 aromatic carbocycles. The molecule has 4 nitrogen and oxygen atoms in total. The number of benzene rings is 1. The Morgan fingerprint density at radius 3 is 2.58 bits per heavy atom. The molecule has 0 aliphatic carbocycles. The Balaban J connectivity index is 1.94. The monoisotopic (exact) mass is 402 g/mol. The number of rotatable bonds is 4. The highest BCUT2D eigenvalue weighted by Gasteiger charge is 2.15. The molecule has 0 aliphatic rings. The van der Waals surface area contributed by atoms with Crippen LogP contribution in [0.3, 0.4) is 0 Å². The van der Waals surface area contributed by atoms with Crippen molar-refractivity contribution >= 4 is 50.0 Å². The minimum absolute atomic E-state index is 0.220. The summed E-state index contributed by atoms with van der Waals surface area (Å²) in [6.45, 7) is 3.91. The van der Waals surface area contributed by atoms with Crippen molar-refractivity contribution in [3.63, 3.8) is 0 Å². The minimum Gasteiger partial charge on any atom is -0.465 e. The number of hydrogen-bond acceptors (Lipinski definition) is 4. The summed E-state index contributed by atoms with van der Waals surface area (Å²) < 4.78 is 6.31. The van der Waals surface area contributed by atoms with Crippen molar-refractivity contribution in [2.45, 2.75) is 13.8 Å². The maximum Gasteiger partial charge on any atom is 0.258 e. The Bertz CT molecular complexity index is 861. The van der Waals surface area contributed by atoms with Gasteiger partial charge in [-0.25, -0.2) is 4.98 Å². The lowest BCUT2D eigenvalue weighted by molar-refractivity contribution is -0.111. The van der Waals surface area contributed by atoms with Crippen LogP contribution >= 0.6 is 27.3 Å². The van der Waals surface area contributed by atoms with E-state index in [-0.39, 0.29) is 5.91 Å². The number of aryl methyl sites for hydroxylation is 2. The normalized spacial score (nSPS) is 11.5. The van der Waals surface area contributed by atoms with E-state index in [1.54, 1.807) is 18.4 Å². The summed E-state index contributed by atoms with van der Waals surface area (Å²) in [5.74, 6) is 0.400. The Morgan fingerprint density at radius 1 is 1.25 bits per heavy atom. The summed E-state index contributed by atoms with van der Waals surface area (Å²) in [5, 5.41) is 3.47. The third-order valence-corrected chi connectivity index (χ3v) is 5.00. The predicted molar refractivity (Wildman–Crippen MR) is 101 cm³/mol. The molecule has 3 rings (SSSR count). The maximum atomic E-state index is 12.8. The molecule has 6 heteroatoms. The molecule has 0 saturated carbocycles. The van der Waals surface area contributed by atoms with Crippen LogP contribution in [0.1, 0.15) is 21.9 Å². The Kier molecular flexibility index (Phi) is 4.97. The first kappa shape index (κ1) is 16.7. The van der Waals surface area contributed by atoms with Gasteiger partial charge in [-0.1, -0.05) is 28.1 Å². The fraction of sp³-hybridized carbons (Fsp3) is 0.111. The molecule has 122 valence electrons. The van der Waals surface area contributed by atoms with E-state index in [9.17, 15) is 4.79 Å². The molecule has 0 unspecified atom stereocenters. The lowest BCUT2D eigenvalue weighted by Gasteiger charge is -2.07. The van der Waals surface area contributed by atoms with Gasteiger partial charge in [0, 0.05) is 9.35 Å². The second kappa shape index (κ2) is 7.15. The SMILES string of the molecule is Cc1nc(NC(=O)/C(=C/c2ccco2)c2ccc(Br)cc2)sc1C. The van der Waals surface area contributed by atoms with Crippen LogP contribution in [0.15, 0.2) is 51.6 Å². The molecule has 0 aliphatic heterocycles. The molecular formula is C18H15BrN2O2S. The molecule has 2 aromatic heterocycles. The van der Waals surface area contributed by atoms with E-state index in [1.165, 1.54) is 11.3 Å². The Hall–Kier alpha value is -2.18. The quantitative estimate of drug-likeness (QED) is 0.602. The van der Waals surface area contributed by atoms with Gasteiger partial charge in [0.15, 0.2) is 5.13 Å². The summed E-state index contributed by atoms with van der Waals surface area (Å²) >= 11 is 4.87. The highest BCUT2D eigenvalue weighted by atomic mass is 79.9. The minimum atomic E-state index is -0.220. The molecule has 0 radical (unpaired) electrons. The number of amides is 1. The summed E-state index contributed by atoms with van der Waals surface area (Å²) in [7, 11) is 0. The average Bonchev–Trinajstić information content (AvgIpc) is 3.16. The second-order valence-corrected chi connectivity index (χ2v) is 7.31. The van der Waals surface area contributed by atoms with Crippen molar-refractivity contribution < 1.29 is 9.21 Å². The van der Waals surface area contributed by atoms with Crippen molar-refractivity contribution in [3.05, 3.63) is 69.0 Å². The summed E-state index contributed by atoms with van der Waals surface area (Å²) in [5.41, 5.74) is 2.25. The van der Waals surface area contributed by atoms with Crippen molar-refractivity contribution in [3.8, 4) is 0 Å². The molecular weight excluding hydrogens is 388 g/mol. The van der Waals surface area contributed by atoms with Crippen LogP contribution < -0.4 is 5.32 Å². The molecule has 1 amide bonds. The number of carbonyl (C=O) groups is 1. The molecule has 0 spiro atoms. The number of hydrogen-bond donors (Lipinski definition) is 1. The van der Waals surface area contributed by atoms with Crippen LogP contribution in [0.25, 0.3) is 11.6 Å². The van der Waals surface area contributed by atoms with Crippen LogP contribution in [-0.4, -0.2) is 10.9 Å². The zero-order valence-corrected chi connectivity index (χ0v) is 15.6. The molecule has 1 N–H and O–H groups in total. The summed E-state index contributed by atoms with van der Waals surface area (Å²) in [6.07, 6.45) is 3.31. The van der Waals surface area contributed by atoms with E-state index >= 15 is 0 Å². The van der Waals surface area contributed by atoms with Gasteiger partial charge in [0.1, 0.15) is 5.76 Å². The Morgan fingerprint density at radius 2 is 2.00 bits per heavy atom. The van der Waals surface area contributed by atoms with E-state index in [1.807, 2.05) is 44.2 Å². The zero-order chi connectivity index (χ0) is 17.1. The van der Waals surface area contributed by atoms with Gasteiger partial charge in [-0.15, -0.1) is 11.3 Å². The first-order valence-corrected chi connectivity index (χ1v) is 8.90. The van der Waals surface area contributed by atoms with Gasteiger partial charge in [0.25, 0.3) is 5.91 Å². The number of furan rings is 1. The molecule has 0 bridgehead atoms. The van der Waals surface area contributed by atoms with Gasteiger partial charge in [-0.05, 0) is 49.8 Å². The number of aromatic nitrogens is 1. The van der Waals surface area contributed by atoms with E-state index in [2.05, 4.69) is 26.2 Å². The smallest absolute Gasteiger partial charge is 0.258 e. The third-order valence-electron chi connectivity index (χ3n) is 3.48. The number of thiazole rings is 1. The second-order valence-electron chi connectivity index (χ2n) is 5.20. The predicted octanol–water partition coefficient (Wildman–Crippen LogP) is 5.29. The van der Waals surface area contributed by atoms with Crippen LogP contribution in [0.4, 0.5) is 5.13 Å². The lowest BCUT2D eigenvalue weighted by atomic mass is 10.0. The first-order chi connectivity index (χ1) is 11.5. The highest BCUT2D eigenvalue weighted by Crippen LogP contribution is 2.25. The van der Waals surface area contributed by atoms with E-state index in [0.29, 0.717) is 16.5 Å². The lowest BCUT2D eigenvalue weighted by Crippen LogP contribution is -2.13. The van der Waals surface area contributed by atoms with E-state index < -0.39 is 0 Å². The maximum absolute atomic E-state index is 12.8. The van der Waals surface area contributed by atoms with E-state index in [4.69, 9.17) is 4.42 Å². The fourth-order valence-electron chi connectivity index (χ4n) is 2.12. The topological polar surface area (TPSA) is 55.1 Å². The number of nitrogens with one attached hydrogen (secondary N) is 1. The average molecular weight is 403 g/mol. The number of carbonyl (C=O) groups excluding carboxylic acids is 1. The van der Waals surface area contributed by atoms with Crippen LogP contribution in [-0.2, 0) is 4.79 Å². The van der Waals surface area contributed by atoms with Gasteiger partial charge in [-0.3, -0.25) is 10.1 Å². The number of halogens is 1. The van der Waals surface area contributed by atoms with Crippen molar-refractivity contribution in [2.75, 3.05) is 5.32 Å². The van der Waals surface area contributed by atoms with E-state index in [0.717, 1.165) is 20.6 Å². The van der Waals surface area contributed by atoms with Crippen LogP contribution in [0, 0.1) is 13.8 Å². The molecule has 0 atom stereocenters. The molecule has 0 saturated heterocycles. The van der Waals surface area contributed by atoms with Crippen molar-refractivity contribution in [1.29, 1.82) is 0 Å². The van der Waals surface area contributed by atoms with Crippen LogP contribution in [0.5, 0.6) is 0 Å².